The van der Waals surface area contributed by atoms with Crippen molar-refractivity contribution in [2.24, 2.45) is 4.99 Å². The number of aliphatic imine (C=N–C) groups is 1. The van der Waals surface area contributed by atoms with Gasteiger partial charge < -0.3 is 15.4 Å². The van der Waals surface area contributed by atoms with Gasteiger partial charge in [0.15, 0.2) is 5.11 Å². The number of nitrogens with one attached hydrogen (secondary N) is 3. The first-order valence-electron chi connectivity index (χ1n) is 7.27. The molecule has 0 saturated heterocycles. The average molecular weight is 322 g/mol. The molecule has 0 bridgehead atoms. The predicted octanol–water partition coefficient (Wildman–Crippen LogP) is 1.13. The molecule has 0 spiro atoms. The highest BCUT2D eigenvalue weighted by atomic mass is 32.1. The molecule has 0 aromatic carbocycles. The molecule has 1 saturated carbocycles. The smallest absolute Gasteiger partial charge is 0.229 e. The van der Waals surface area contributed by atoms with Gasteiger partial charge in [-0.25, -0.2) is 15.0 Å². The summed E-state index contributed by atoms with van der Waals surface area (Å²) in [7, 11) is 1.65. The van der Waals surface area contributed by atoms with Crippen molar-refractivity contribution < 1.29 is 4.74 Å². The average Bonchev–Trinajstić information content (AvgIpc) is 3.21. The standard InChI is InChI=1S/C14H22N6OS/c1-9-8-10(2)17-12(16-9)19-13(18-11-4-5-11)20-14(22)15-6-7-21-3/h8,11H,4-7H2,1-3H3,(H3,15,16,17,18,19,20,22). The van der Waals surface area contributed by atoms with Gasteiger partial charge >= 0.3 is 0 Å². The number of rotatable bonds is 5. The van der Waals surface area contributed by atoms with Crippen LogP contribution in [0, 0.1) is 13.8 Å². The van der Waals surface area contributed by atoms with E-state index in [2.05, 4.69) is 30.9 Å². The Hall–Kier alpha value is -1.80. The van der Waals surface area contributed by atoms with Gasteiger partial charge in [0.1, 0.15) is 0 Å². The van der Waals surface area contributed by atoms with Crippen LogP contribution in [0.3, 0.4) is 0 Å². The van der Waals surface area contributed by atoms with Crippen molar-refractivity contribution in [2.45, 2.75) is 32.7 Å². The zero-order chi connectivity index (χ0) is 15.9. The summed E-state index contributed by atoms with van der Waals surface area (Å²) in [5.41, 5.74) is 1.81. The third-order valence-corrected chi connectivity index (χ3v) is 3.14. The highest BCUT2D eigenvalue weighted by molar-refractivity contribution is 7.80. The number of guanidine groups is 1. The summed E-state index contributed by atoms with van der Waals surface area (Å²) in [6, 6.07) is 2.27. The van der Waals surface area contributed by atoms with Crippen LogP contribution >= 0.6 is 12.2 Å². The van der Waals surface area contributed by atoms with Crippen LogP contribution in [0.25, 0.3) is 0 Å². The van der Waals surface area contributed by atoms with Crippen LogP contribution in [0.5, 0.6) is 0 Å². The summed E-state index contributed by atoms with van der Waals surface area (Å²) in [4.78, 5) is 13.3. The van der Waals surface area contributed by atoms with Crippen LogP contribution in [0.2, 0.25) is 0 Å². The Kier molecular flexibility index (Phi) is 6.02. The first kappa shape index (κ1) is 16.6. The lowest BCUT2D eigenvalue weighted by Gasteiger charge is -2.14. The first-order valence-corrected chi connectivity index (χ1v) is 7.68. The molecule has 0 unspecified atom stereocenters. The van der Waals surface area contributed by atoms with E-state index in [1.807, 2.05) is 19.9 Å². The number of anilines is 1. The van der Waals surface area contributed by atoms with Crippen LogP contribution in [0.15, 0.2) is 11.1 Å². The molecule has 7 nitrogen and oxygen atoms in total. The normalized spacial score (nSPS) is 14.6. The number of nitrogens with zero attached hydrogens (tertiary/aromatic N) is 3. The molecule has 22 heavy (non-hydrogen) atoms. The van der Waals surface area contributed by atoms with Crippen molar-refractivity contribution >= 4 is 29.2 Å². The molecular weight excluding hydrogens is 300 g/mol. The van der Waals surface area contributed by atoms with E-state index in [1.165, 1.54) is 0 Å². The largest absolute Gasteiger partial charge is 0.383 e. The lowest BCUT2D eigenvalue weighted by molar-refractivity contribution is 0.204. The van der Waals surface area contributed by atoms with E-state index >= 15 is 0 Å². The van der Waals surface area contributed by atoms with E-state index in [4.69, 9.17) is 17.0 Å². The molecule has 0 amide bonds. The molecule has 1 heterocycles. The fraction of sp³-hybridized carbons (Fsp3) is 0.571. The van der Waals surface area contributed by atoms with Crippen LogP contribution in [-0.2, 0) is 4.74 Å². The Labute approximate surface area is 136 Å². The number of hydrogen-bond donors (Lipinski definition) is 3. The molecule has 120 valence electrons. The van der Waals surface area contributed by atoms with Gasteiger partial charge in [-0.1, -0.05) is 0 Å². The molecule has 8 heteroatoms. The van der Waals surface area contributed by atoms with Crippen LogP contribution in [-0.4, -0.2) is 47.3 Å². The van der Waals surface area contributed by atoms with Crippen molar-refractivity contribution in [3.63, 3.8) is 0 Å². The van der Waals surface area contributed by atoms with Gasteiger partial charge in [0, 0.05) is 25.0 Å². The molecule has 1 aliphatic rings. The van der Waals surface area contributed by atoms with Crippen molar-refractivity contribution in [3.8, 4) is 0 Å². The van der Waals surface area contributed by atoms with Gasteiger partial charge in [0.2, 0.25) is 11.9 Å². The Balaban J connectivity index is 1.98. The van der Waals surface area contributed by atoms with Gasteiger partial charge in [0.25, 0.3) is 0 Å². The monoisotopic (exact) mass is 322 g/mol. The summed E-state index contributed by atoms with van der Waals surface area (Å²) in [5.74, 6) is 1.09. The van der Waals surface area contributed by atoms with E-state index in [0.29, 0.717) is 36.2 Å². The topological polar surface area (TPSA) is 83.5 Å². The molecule has 0 aliphatic heterocycles. The van der Waals surface area contributed by atoms with Crippen molar-refractivity contribution in [2.75, 3.05) is 25.6 Å². The summed E-state index contributed by atoms with van der Waals surface area (Å²) in [6.07, 6.45) is 2.20. The molecule has 1 aliphatic carbocycles. The second-order valence-corrected chi connectivity index (χ2v) is 5.59. The fourth-order valence-electron chi connectivity index (χ4n) is 1.79. The maximum Gasteiger partial charge on any atom is 0.229 e. The van der Waals surface area contributed by atoms with Gasteiger partial charge in [-0.3, -0.25) is 5.32 Å². The number of methoxy groups -OCH3 is 1. The third-order valence-electron chi connectivity index (χ3n) is 2.89. The molecule has 1 aromatic heterocycles. The highest BCUT2D eigenvalue weighted by Gasteiger charge is 2.21. The Morgan fingerprint density at radius 2 is 2.05 bits per heavy atom. The number of hydrogen-bond acceptors (Lipinski definition) is 5. The van der Waals surface area contributed by atoms with Gasteiger partial charge in [-0.15, -0.1) is 0 Å². The Bertz CT molecular complexity index is 538. The maximum absolute atomic E-state index is 5.25. The molecule has 0 atom stereocenters. The van der Waals surface area contributed by atoms with Crippen molar-refractivity contribution in [1.82, 2.24) is 20.6 Å². The van der Waals surface area contributed by atoms with Crippen LogP contribution in [0.4, 0.5) is 5.95 Å². The van der Waals surface area contributed by atoms with Gasteiger partial charge in [-0.05, 0) is 45.0 Å². The van der Waals surface area contributed by atoms with E-state index in [-0.39, 0.29) is 0 Å². The fourth-order valence-corrected chi connectivity index (χ4v) is 1.99. The van der Waals surface area contributed by atoms with Crippen LogP contribution in [0.1, 0.15) is 24.2 Å². The summed E-state index contributed by atoms with van der Waals surface area (Å²) in [6.45, 7) is 5.09. The van der Waals surface area contributed by atoms with E-state index in [0.717, 1.165) is 24.2 Å². The number of ether oxygens (including phenoxy) is 1. The number of aryl methyl sites for hydroxylation is 2. The zero-order valence-electron chi connectivity index (χ0n) is 13.1. The summed E-state index contributed by atoms with van der Waals surface area (Å²) in [5, 5.41) is 9.71. The van der Waals surface area contributed by atoms with Crippen molar-refractivity contribution in [3.05, 3.63) is 17.5 Å². The predicted molar refractivity (Wildman–Crippen MR) is 91.2 cm³/mol. The minimum absolute atomic E-state index is 0.350. The third kappa shape index (κ3) is 5.90. The number of thiocarbonyl (C=S) groups is 1. The molecule has 2 rings (SSSR count). The minimum Gasteiger partial charge on any atom is -0.383 e. The highest BCUT2D eigenvalue weighted by Crippen LogP contribution is 2.23. The van der Waals surface area contributed by atoms with Gasteiger partial charge in [-0.2, -0.15) is 0 Å². The summed E-state index contributed by atoms with van der Waals surface area (Å²) >= 11 is 5.25. The SMILES string of the molecule is COCCNC(=S)NC(=NC1CC1)Nc1nc(C)cc(C)n1. The molecule has 1 fully saturated rings. The quantitative estimate of drug-likeness (QED) is 0.324. The maximum atomic E-state index is 5.25. The minimum atomic E-state index is 0.350. The van der Waals surface area contributed by atoms with E-state index in [9.17, 15) is 0 Å². The van der Waals surface area contributed by atoms with Gasteiger partial charge in [0.05, 0.1) is 12.6 Å². The number of aromatic nitrogens is 2. The molecule has 0 radical (unpaired) electrons. The first-order chi connectivity index (χ1) is 10.6. The van der Waals surface area contributed by atoms with Crippen molar-refractivity contribution in [1.29, 1.82) is 0 Å². The molecule has 1 aromatic rings. The summed E-state index contributed by atoms with van der Waals surface area (Å²) < 4.78 is 4.98. The Morgan fingerprint density at radius 1 is 1.36 bits per heavy atom. The lowest BCUT2D eigenvalue weighted by atomic mass is 10.4. The zero-order valence-corrected chi connectivity index (χ0v) is 14.0. The lowest BCUT2D eigenvalue weighted by Crippen LogP contribution is -2.44. The molecular formula is C14H22N6OS. The second kappa shape index (κ2) is 8.00. The van der Waals surface area contributed by atoms with E-state index in [1.54, 1.807) is 7.11 Å². The second-order valence-electron chi connectivity index (χ2n) is 5.18. The Morgan fingerprint density at radius 3 is 2.64 bits per heavy atom. The molecule has 3 N–H and O–H groups in total. The van der Waals surface area contributed by atoms with Crippen LogP contribution < -0.4 is 16.0 Å². The van der Waals surface area contributed by atoms with E-state index < -0.39 is 0 Å².